The number of esters is 1. The molecule has 0 radical (unpaired) electrons. The number of rotatable bonds is 8. The number of aryl methyl sites for hydroxylation is 2. The van der Waals surface area contributed by atoms with Gasteiger partial charge < -0.3 is 31.1 Å². The molecule has 6 N–H and O–H groups in total. The van der Waals surface area contributed by atoms with Crippen LogP contribution in [0, 0.1) is 13.8 Å². The first kappa shape index (κ1) is 27.6. The summed E-state index contributed by atoms with van der Waals surface area (Å²) in [5, 5.41) is 30.4. The highest BCUT2D eigenvalue weighted by Gasteiger charge is 2.29. The second-order valence-electron chi connectivity index (χ2n) is 7.75. The Labute approximate surface area is 208 Å². The molecular formula is C26H30N2O6S. The van der Waals surface area contributed by atoms with Gasteiger partial charge in [-0.3, -0.25) is 4.79 Å². The van der Waals surface area contributed by atoms with Crippen LogP contribution >= 0.6 is 11.8 Å². The first-order valence-corrected chi connectivity index (χ1v) is 11.6. The van der Waals surface area contributed by atoms with Crippen LogP contribution in [0.3, 0.4) is 0 Å². The maximum absolute atomic E-state index is 11.2. The fourth-order valence-corrected chi connectivity index (χ4v) is 4.18. The summed E-state index contributed by atoms with van der Waals surface area (Å²) < 4.78 is 4.44. The van der Waals surface area contributed by atoms with Crippen molar-refractivity contribution in [1.82, 2.24) is 0 Å². The Bertz CT molecular complexity index is 1120. The molecule has 2 unspecified atom stereocenters. The fraction of sp³-hybridized carbons (Fsp3) is 0.231. The van der Waals surface area contributed by atoms with Crippen LogP contribution in [0.25, 0.3) is 0 Å². The number of methoxy groups -OCH3 is 1. The number of hydrogen-bond acceptors (Lipinski definition) is 8. The van der Waals surface area contributed by atoms with E-state index in [9.17, 15) is 19.8 Å². The molecule has 0 saturated carbocycles. The van der Waals surface area contributed by atoms with E-state index in [1.807, 2.05) is 50.2 Å². The summed E-state index contributed by atoms with van der Waals surface area (Å²) in [6.45, 7) is 4.03. The van der Waals surface area contributed by atoms with Crippen LogP contribution in [0.2, 0.25) is 0 Å². The number of aliphatic hydroxyl groups excluding tert-OH is 1. The number of thioether (sulfide) groups is 1. The van der Waals surface area contributed by atoms with Gasteiger partial charge in [0, 0.05) is 16.3 Å². The Morgan fingerprint density at radius 1 is 1.00 bits per heavy atom. The monoisotopic (exact) mass is 498 g/mol. The molecule has 0 fully saturated rings. The third kappa shape index (κ3) is 8.88. The van der Waals surface area contributed by atoms with E-state index in [1.54, 1.807) is 30.3 Å². The van der Waals surface area contributed by atoms with Gasteiger partial charge in [-0.25, -0.2) is 4.79 Å². The van der Waals surface area contributed by atoms with Crippen molar-refractivity contribution >= 4 is 35.1 Å². The Balaban J connectivity index is 0.000000283. The topological polar surface area (TPSA) is 142 Å². The van der Waals surface area contributed by atoms with Gasteiger partial charge in [0.25, 0.3) is 0 Å². The van der Waals surface area contributed by atoms with Crippen molar-refractivity contribution in [2.45, 2.75) is 30.1 Å². The van der Waals surface area contributed by atoms with Gasteiger partial charge >= 0.3 is 11.9 Å². The molecule has 0 aliphatic heterocycles. The van der Waals surface area contributed by atoms with E-state index in [1.165, 1.54) is 18.9 Å². The fourth-order valence-electron chi connectivity index (χ4n) is 2.91. The van der Waals surface area contributed by atoms with Crippen LogP contribution in [0.15, 0.2) is 71.6 Å². The smallest absolute Gasteiger partial charge is 0.334 e. The second-order valence-corrected chi connectivity index (χ2v) is 8.93. The second kappa shape index (κ2) is 13.3. The number of aliphatic hydroxyl groups is 1. The van der Waals surface area contributed by atoms with Crippen molar-refractivity contribution in [2.75, 3.05) is 24.7 Å². The molecule has 186 valence electrons. The molecule has 3 aromatic rings. The Morgan fingerprint density at radius 3 is 2.17 bits per heavy atom. The van der Waals surface area contributed by atoms with E-state index < -0.39 is 17.3 Å². The lowest BCUT2D eigenvalue weighted by molar-refractivity contribution is -0.146. The van der Waals surface area contributed by atoms with Crippen LogP contribution in [-0.4, -0.2) is 47.0 Å². The lowest BCUT2D eigenvalue weighted by Gasteiger charge is -2.21. The predicted molar refractivity (Wildman–Crippen MR) is 138 cm³/mol. The number of aliphatic carboxylic acids is 1. The highest BCUT2D eigenvalue weighted by molar-refractivity contribution is 7.99. The van der Waals surface area contributed by atoms with E-state index in [-0.39, 0.29) is 18.3 Å². The van der Waals surface area contributed by atoms with Crippen molar-refractivity contribution in [1.29, 1.82) is 0 Å². The zero-order chi connectivity index (χ0) is 26.0. The van der Waals surface area contributed by atoms with Crippen molar-refractivity contribution in [3.05, 3.63) is 83.4 Å². The van der Waals surface area contributed by atoms with Crippen LogP contribution in [0.1, 0.15) is 21.9 Å². The minimum absolute atomic E-state index is 0.126. The summed E-state index contributed by atoms with van der Waals surface area (Å²) >= 11 is 1.27. The minimum atomic E-state index is -1.51. The number of carboxylic acid groups (broad SMARTS) is 1. The highest BCUT2D eigenvalue weighted by atomic mass is 32.2. The van der Waals surface area contributed by atoms with E-state index >= 15 is 0 Å². The van der Waals surface area contributed by atoms with Gasteiger partial charge in [0.15, 0.2) is 6.10 Å². The Morgan fingerprint density at radius 2 is 1.60 bits per heavy atom. The van der Waals surface area contributed by atoms with Crippen LogP contribution in [0.5, 0.6) is 5.75 Å². The number of nitrogen functional groups attached to an aromatic ring is 1. The average molecular weight is 499 g/mol. The zero-order valence-corrected chi connectivity index (χ0v) is 20.6. The van der Waals surface area contributed by atoms with Gasteiger partial charge in [0.2, 0.25) is 0 Å². The number of nitrogens with two attached hydrogens (primary N) is 1. The number of phenols is 1. The molecular weight excluding hydrogens is 468 g/mol. The van der Waals surface area contributed by atoms with Crippen molar-refractivity contribution in [2.24, 2.45) is 0 Å². The molecule has 0 aliphatic carbocycles. The normalized spacial score (nSPS) is 12.0. The number of hydrogen-bond donors (Lipinski definition) is 5. The van der Waals surface area contributed by atoms with Gasteiger partial charge in [0.05, 0.1) is 12.4 Å². The van der Waals surface area contributed by atoms with Gasteiger partial charge in [-0.2, -0.15) is 0 Å². The Hall–Kier alpha value is -3.69. The summed E-state index contributed by atoms with van der Waals surface area (Å²) in [7, 11) is 1.33. The standard InChI is InChI=1S/C17H19NO3S.C9H11NO3/c1-10-3-6-12(7-4-10)16(15(19)17(20)21)22-14-9-11(2)5-8-13(14)18;1-13-9(12)6-10-7-2-4-8(11)5-3-7/h3-9,15-16,19H,18H2,1-2H3,(H,20,21);2-5,10-11H,6H2,1H3. The minimum Gasteiger partial charge on any atom is -0.508 e. The Kier molecular flexibility index (Phi) is 10.4. The number of carboxylic acids is 1. The number of nitrogens with one attached hydrogen (secondary N) is 1. The number of phenolic OH excluding ortho intramolecular Hbond substituents is 1. The van der Waals surface area contributed by atoms with E-state index in [0.717, 1.165) is 27.3 Å². The number of carbonyl (C=O) groups excluding carboxylic acids is 1. The van der Waals surface area contributed by atoms with Crippen molar-refractivity contribution in [3.8, 4) is 5.75 Å². The maximum atomic E-state index is 11.2. The van der Waals surface area contributed by atoms with Gasteiger partial charge in [0.1, 0.15) is 12.3 Å². The lowest BCUT2D eigenvalue weighted by atomic mass is 10.1. The van der Waals surface area contributed by atoms with Crippen molar-refractivity contribution < 1.29 is 29.6 Å². The molecule has 0 heterocycles. The van der Waals surface area contributed by atoms with Crippen LogP contribution in [-0.2, 0) is 14.3 Å². The molecule has 0 spiro atoms. The number of ether oxygens (including phenoxy) is 1. The molecule has 0 aliphatic rings. The molecule has 8 nitrogen and oxygen atoms in total. The quantitative estimate of drug-likeness (QED) is 0.134. The number of anilines is 2. The highest BCUT2D eigenvalue weighted by Crippen LogP contribution is 2.40. The first-order chi connectivity index (χ1) is 16.6. The van der Waals surface area contributed by atoms with E-state index in [4.69, 9.17) is 10.8 Å². The first-order valence-electron chi connectivity index (χ1n) is 10.7. The summed E-state index contributed by atoms with van der Waals surface area (Å²) in [6.07, 6.45) is -1.51. The summed E-state index contributed by atoms with van der Waals surface area (Å²) in [5.74, 6) is -1.37. The maximum Gasteiger partial charge on any atom is 0.334 e. The summed E-state index contributed by atoms with van der Waals surface area (Å²) in [4.78, 5) is 22.7. The number of carbonyl (C=O) groups is 2. The molecule has 0 aromatic heterocycles. The van der Waals surface area contributed by atoms with Gasteiger partial charge in [-0.1, -0.05) is 35.9 Å². The molecule has 0 amide bonds. The third-order valence-corrected chi connectivity index (χ3v) is 6.29. The number of aromatic hydroxyl groups is 1. The SMILES string of the molecule is COC(=O)CNc1ccc(O)cc1.Cc1ccc(C(Sc2cc(C)ccc2N)C(O)C(=O)O)cc1. The zero-order valence-electron chi connectivity index (χ0n) is 19.8. The van der Waals surface area contributed by atoms with Crippen LogP contribution < -0.4 is 11.1 Å². The molecule has 0 bridgehead atoms. The largest absolute Gasteiger partial charge is 0.508 e. The van der Waals surface area contributed by atoms with E-state index in [0.29, 0.717) is 5.69 Å². The van der Waals surface area contributed by atoms with Crippen LogP contribution in [0.4, 0.5) is 11.4 Å². The average Bonchev–Trinajstić information content (AvgIpc) is 2.84. The lowest BCUT2D eigenvalue weighted by Crippen LogP contribution is -2.26. The molecule has 35 heavy (non-hydrogen) atoms. The molecule has 0 saturated heterocycles. The van der Waals surface area contributed by atoms with Gasteiger partial charge in [-0.15, -0.1) is 11.8 Å². The van der Waals surface area contributed by atoms with Crippen molar-refractivity contribution in [3.63, 3.8) is 0 Å². The molecule has 9 heteroatoms. The van der Waals surface area contributed by atoms with Gasteiger partial charge in [-0.05, 0) is 61.4 Å². The third-order valence-electron chi connectivity index (χ3n) is 4.90. The summed E-state index contributed by atoms with van der Waals surface area (Å²) in [6, 6.07) is 19.5. The molecule has 3 rings (SSSR count). The predicted octanol–water partition coefficient (Wildman–Crippen LogP) is 4.14. The molecule has 2 atom stereocenters. The summed E-state index contributed by atoms with van der Waals surface area (Å²) in [5.41, 5.74) is 10.2. The number of benzene rings is 3. The molecule has 3 aromatic carbocycles. The van der Waals surface area contributed by atoms with E-state index in [2.05, 4.69) is 10.1 Å².